The van der Waals surface area contributed by atoms with Gasteiger partial charge in [-0.15, -0.1) is 0 Å². The maximum absolute atomic E-state index is 13.7. The molecule has 4 aromatic carbocycles. The van der Waals surface area contributed by atoms with Crippen LogP contribution in [0.2, 0.25) is 0 Å². The van der Waals surface area contributed by atoms with Crippen LogP contribution in [0.5, 0.6) is 28.7 Å². The third kappa shape index (κ3) is 6.51. The number of amides is 2. The number of hydrogen-bond donors (Lipinski definition) is 1. The maximum atomic E-state index is 13.7. The minimum Gasteiger partial charge on any atom is -0.497 e. The van der Waals surface area contributed by atoms with Crippen LogP contribution < -0.4 is 29.4 Å². The Morgan fingerprint density at radius 1 is 0.648 bits per heavy atom. The van der Waals surface area contributed by atoms with Crippen molar-refractivity contribution in [2.75, 3.05) is 40.3 Å². The number of hydrogen-bond acceptors (Lipinski definition) is 10. The number of nitrogens with two attached hydrogens (primary N) is 1. The summed E-state index contributed by atoms with van der Waals surface area (Å²) >= 11 is 0. The lowest BCUT2D eigenvalue weighted by molar-refractivity contribution is 0.0809. The summed E-state index contributed by atoms with van der Waals surface area (Å²) in [6, 6.07) is 21.9. The van der Waals surface area contributed by atoms with Crippen LogP contribution in [-0.2, 0) is 0 Å². The molecule has 4 aliphatic heterocycles. The molecule has 0 saturated carbocycles. The Kier molecular flexibility index (Phi) is 9.24. The summed E-state index contributed by atoms with van der Waals surface area (Å²) in [5.74, 6) is 2.26. The number of rotatable bonds is 11. The number of nitrogen functional groups attached to an aromatic ring is 1. The van der Waals surface area contributed by atoms with Crippen molar-refractivity contribution in [1.82, 2.24) is 9.80 Å². The van der Waals surface area contributed by atoms with Gasteiger partial charge in [0.1, 0.15) is 5.75 Å². The molecule has 4 heterocycles. The van der Waals surface area contributed by atoms with Gasteiger partial charge in [-0.2, -0.15) is 0 Å². The molecule has 2 unspecified atom stereocenters. The van der Waals surface area contributed by atoms with E-state index in [1.54, 1.807) is 54.5 Å². The number of methoxy groups -OCH3 is 3. The van der Waals surface area contributed by atoms with Gasteiger partial charge >= 0.3 is 0 Å². The first kappa shape index (κ1) is 34.5. The number of aliphatic imine (C=N–C) groups is 2. The molecule has 0 fully saturated rings. The van der Waals surface area contributed by atoms with E-state index in [0.29, 0.717) is 83.7 Å². The predicted octanol–water partition coefficient (Wildman–Crippen LogP) is 7.09. The van der Waals surface area contributed by atoms with Crippen molar-refractivity contribution >= 4 is 52.5 Å². The van der Waals surface area contributed by atoms with Gasteiger partial charge in [0.15, 0.2) is 23.0 Å². The van der Waals surface area contributed by atoms with Gasteiger partial charge in [-0.25, -0.2) is 0 Å². The number of benzene rings is 4. The number of carbonyl (C=O) groups excluding carboxylic acids is 2. The smallest absolute Gasteiger partial charge is 0.260 e. The van der Waals surface area contributed by atoms with Gasteiger partial charge in [-0.05, 0) is 58.7 Å². The number of nitrogens with zero attached hydrogens (tertiary/aromatic N) is 4. The van der Waals surface area contributed by atoms with Crippen LogP contribution in [0.25, 0.3) is 11.1 Å². The van der Waals surface area contributed by atoms with Crippen LogP contribution in [0.3, 0.4) is 0 Å². The Labute approximate surface area is 312 Å². The minimum atomic E-state index is -0.213. The highest BCUT2D eigenvalue weighted by molar-refractivity contribution is 6.06. The van der Waals surface area contributed by atoms with E-state index in [-0.39, 0.29) is 23.9 Å². The van der Waals surface area contributed by atoms with Crippen molar-refractivity contribution in [2.45, 2.75) is 31.3 Å². The van der Waals surface area contributed by atoms with E-state index in [9.17, 15) is 9.59 Å². The summed E-state index contributed by atoms with van der Waals surface area (Å²) in [5.41, 5.74) is 12.6. The highest BCUT2D eigenvalue weighted by Crippen LogP contribution is 2.42. The van der Waals surface area contributed by atoms with E-state index >= 15 is 0 Å². The molecular weight excluding hydrogens is 686 g/mol. The lowest BCUT2D eigenvalue weighted by Gasteiger charge is -2.19. The first-order valence-electron chi connectivity index (χ1n) is 17.7. The number of anilines is 1. The summed E-state index contributed by atoms with van der Waals surface area (Å²) in [7, 11) is 4.71. The van der Waals surface area contributed by atoms with Crippen molar-refractivity contribution in [3.05, 3.63) is 107 Å². The lowest BCUT2D eigenvalue weighted by atomic mass is 10.0. The topological polar surface area (TPSA) is 138 Å². The summed E-state index contributed by atoms with van der Waals surface area (Å²) in [5, 5.41) is 0. The number of fused-ring (bicyclic) bond motifs is 4. The molecule has 4 aliphatic rings. The Morgan fingerprint density at radius 3 is 1.69 bits per heavy atom. The van der Waals surface area contributed by atoms with Crippen LogP contribution in [0.4, 0.5) is 17.1 Å². The Balaban J connectivity index is 0.911. The standard InChI is InChI=1S/C42H39N5O7/c1-50-32-10-8-25(9-11-32)27-15-30-21-44-35-19-39(37(51-2)17-33(35)41(48)46(30)23-27)53-12-5-13-54-40-20-36-34(18-38(40)52-3)42(49)47-24-28(16-31(47)22-45-36)26-6-4-7-29(43)14-26/h4,6-11,14,17-24,30-31H,5,12-13,15-16,43H2,1-3H3. The molecule has 274 valence electrons. The van der Waals surface area contributed by atoms with Crippen molar-refractivity contribution in [3.8, 4) is 28.7 Å². The fraction of sp³-hybridized carbons (Fsp3) is 0.238. The zero-order valence-electron chi connectivity index (χ0n) is 30.2. The van der Waals surface area contributed by atoms with Gasteiger partial charge in [-0.1, -0.05) is 24.3 Å². The van der Waals surface area contributed by atoms with Crippen molar-refractivity contribution < 1.29 is 33.3 Å². The predicted molar refractivity (Wildman–Crippen MR) is 207 cm³/mol. The fourth-order valence-corrected chi connectivity index (χ4v) is 7.11. The second-order valence-electron chi connectivity index (χ2n) is 13.3. The Morgan fingerprint density at radius 2 is 1.19 bits per heavy atom. The quantitative estimate of drug-likeness (QED) is 0.128. The third-order valence-corrected chi connectivity index (χ3v) is 9.95. The van der Waals surface area contributed by atoms with E-state index in [2.05, 4.69) is 4.99 Å². The first-order valence-corrected chi connectivity index (χ1v) is 17.7. The fourth-order valence-electron chi connectivity index (χ4n) is 7.11. The summed E-state index contributed by atoms with van der Waals surface area (Å²) in [6.07, 6.45) is 9.19. The molecule has 12 nitrogen and oxygen atoms in total. The van der Waals surface area contributed by atoms with E-state index in [4.69, 9.17) is 34.4 Å². The minimum absolute atomic E-state index is 0.158. The highest BCUT2D eigenvalue weighted by Gasteiger charge is 2.35. The average molecular weight is 726 g/mol. The molecule has 4 aromatic rings. The molecule has 0 saturated heterocycles. The van der Waals surface area contributed by atoms with E-state index < -0.39 is 0 Å². The molecule has 0 bridgehead atoms. The second-order valence-corrected chi connectivity index (χ2v) is 13.3. The molecule has 0 aliphatic carbocycles. The molecule has 0 radical (unpaired) electrons. The van der Waals surface area contributed by atoms with Crippen LogP contribution in [0.15, 0.2) is 95.2 Å². The molecular formula is C42H39N5O7. The number of carbonyl (C=O) groups is 2. The SMILES string of the molecule is COc1ccc(C2=CN3C(=O)c4cc(OC)c(OCCCOc5cc6c(cc5OC)C(=O)N5C=C(c7cccc(N)c7)CC5C=N6)cc4N=CC3C2)cc1. The van der Waals surface area contributed by atoms with E-state index in [1.165, 1.54) is 7.11 Å². The Bertz CT molecular complexity index is 2260. The molecule has 0 spiro atoms. The Hall–Kier alpha value is -6.56. The van der Waals surface area contributed by atoms with Crippen molar-refractivity contribution in [2.24, 2.45) is 9.98 Å². The van der Waals surface area contributed by atoms with Crippen molar-refractivity contribution in [3.63, 3.8) is 0 Å². The average Bonchev–Trinajstić information content (AvgIpc) is 3.78. The molecule has 8 rings (SSSR count). The largest absolute Gasteiger partial charge is 0.497 e. The zero-order valence-corrected chi connectivity index (χ0v) is 30.2. The van der Waals surface area contributed by atoms with Gasteiger partial charge in [-0.3, -0.25) is 19.6 Å². The van der Waals surface area contributed by atoms with E-state index in [1.807, 2.05) is 67.1 Å². The second kappa shape index (κ2) is 14.5. The van der Waals surface area contributed by atoms with Gasteiger partial charge in [0, 0.05) is 61.9 Å². The highest BCUT2D eigenvalue weighted by atomic mass is 16.5. The van der Waals surface area contributed by atoms with Crippen LogP contribution >= 0.6 is 0 Å². The van der Waals surface area contributed by atoms with Crippen molar-refractivity contribution in [1.29, 1.82) is 0 Å². The normalized spacial score (nSPS) is 18.1. The van der Waals surface area contributed by atoms with Crippen LogP contribution in [0.1, 0.15) is 51.1 Å². The molecule has 54 heavy (non-hydrogen) atoms. The summed E-state index contributed by atoms with van der Waals surface area (Å²) in [4.78, 5) is 40.3. The van der Waals surface area contributed by atoms with Gasteiger partial charge in [0.05, 0.1) is 69.1 Å². The molecule has 0 aromatic heterocycles. The molecule has 2 atom stereocenters. The maximum Gasteiger partial charge on any atom is 0.260 e. The number of ether oxygens (including phenoxy) is 5. The van der Waals surface area contributed by atoms with E-state index in [0.717, 1.165) is 28.0 Å². The zero-order chi connectivity index (χ0) is 37.3. The molecule has 12 heteroatoms. The first-order chi connectivity index (χ1) is 26.3. The third-order valence-electron chi connectivity index (χ3n) is 9.95. The lowest BCUT2D eigenvalue weighted by Crippen LogP contribution is -2.32. The monoisotopic (exact) mass is 725 g/mol. The summed E-state index contributed by atoms with van der Waals surface area (Å²) < 4.78 is 28.8. The van der Waals surface area contributed by atoms with Crippen LogP contribution in [0, 0.1) is 0 Å². The van der Waals surface area contributed by atoms with Crippen LogP contribution in [-0.4, -0.2) is 80.7 Å². The van der Waals surface area contributed by atoms with Gasteiger partial charge in [0.2, 0.25) is 0 Å². The molecule has 2 amide bonds. The van der Waals surface area contributed by atoms with Gasteiger partial charge in [0.25, 0.3) is 11.8 Å². The summed E-state index contributed by atoms with van der Waals surface area (Å²) in [6.45, 7) is 0.606. The van der Waals surface area contributed by atoms with Gasteiger partial charge < -0.3 is 39.2 Å². The molecule has 2 N–H and O–H groups in total.